The van der Waals surface area contributed by atoms with Gasteiger partial charge in [-0.2, -0.15) is 5.10 Å². The zero-order valence-electron chi connectivity index (χ0n) is 9.86. The van der Waals surface area contributed by atoms with Crippen molar-refractivity contribution in [2.75, 3.05) is 0 Å². The summed E-state index contributed by atoms with van der Waals surface area (Å²) in [5.74, 6) is 0.211. The van der Waals surface area contributed by atoms with Crippen LogP contribution in [-0.2, 0) is 6.54 Å². The molecular formula is C13H16N2O. The van der Waals surface area contributed by atoms with Crippen LogP contribution in [-0.4, -0.2) is 14.9 Å². The molecule has 0 bridgehead atoms. The molecule has 0 atom stereocenters. The van der Waals surface area contributed by atoms with E-state index in [2.05, 4.69) is 38.0 Å². The van der Waals surface area contributed by atoms with Crippen molar-refractivity contribution in [1.82, 2.24) is 9.78 Å². The van der Waals surface area contributed by atoms with Crippen molar-refractivity contribution < 1.29 is 5.11 Å². The SMILES string of the molecule is Cc1cc(C)c(Cn2cc(O)cn2)c(C)c1. The lowest BCUT2D eigenvalue weighted by atomic mass is 10.00. The molecule has 3 heteroatoms. The van der Waals surface area contributed by atoms with Crippen LogP contribution >= 0.6 is 0 Å². The minimum atomic E-state index is 0.211. The van der Waals surface area contributed by atoms with E-state index in [9.17, 15) is 5.11 Å². The Kier molecular flexibility index (Phi) is 2.69. The monoisotopic (exact) mass is 216 g/mol. The number of nitrogens with zero attached hydrogens (tertiary/aromatic N) is 2. The van der Waals surface area contributed by atoms with Gasteiger partial charge in [0.2, 0.25) is 0 Å². The van der Waals surface area contributed by atoms with Crippen LogP contribution in [0.15, 0.2) is 24.5 Å². The maximum absolute atomic E-state index is 9.23. The number of aryl methyl sites for hydroxylation is 3. The van der Waals surface area contributed by atoms with Crippen molar-refractivity contribution >= 4 is 0 Å². The van der Waals surface area contributed by atoms with Gasteiger partial charge < -0.3 is 5.11 Å². The minimum absolute atomic E-state index is 0.211. The van der Waals surface area contributed by atoms with E-state index in [4.69, 9.17) is 0 Å². The van der Waals surface area contributed by atoms with E-state index in [0.717, 1.165) is 0 Å². The summed E-state index contributed by atoms with van der Waals surface area (Å²) in [7, 11) is 0. The third-order valence-electron chi connectivity index (χ3n) is 2.78. The molecule has 84 valence electrons. The van der Waals surface area contributed by atoms with Crippen LogP contribution in [0.4, 0.5) is 0 Å². The molecule has 1 aromatic heterocycles. The van der Waals surface area contributed by atoms with E-state index in [-0.39, 0.29) is 5.75 Å². The molecular weight excluding hydrogens is 200 g/mol. The number of hydrogen-bond acceptors (Lipinski definition) is 2. The number of aromatic hydroxyl groups is 1. The third kappa shape index (κ3) is 2.08. The zero-order valence-corrected chi connectivity index (χ0v) is 9.86. The van der Waals surface area contributed by atoms with Crippen LogP contribution in [0.3, 0.4) is 0 Å². The summed E-state index contributed by atoms with van der Waals surface area (Å²) in [6.07, 6.45) is 3.09. The van der Waals surface area contributed by atoms with Crippen LogP contribution < -0.4 is 0 Å². The number of hydrogen-bond donors (Lipinski definition) is 1. The van der Waals surface area contributed by atoms with Crippen molar-refractivity contribution in [1.29, 1.82) is 0 Å². The molecule has 0 fully saturated rings. The van der Waals surface area contributed by atoms with Crippen molar-refractivity contribution in [2.45, 2.75) is 27.3 Å². The molecule has 16 heavy (non-hydrogen) atoms. The van der Waals surface area contributed by atoms with E-state index in [1.54, 1.807) is 10.9 Å². The van der Waals surface area contributed by atoms with E-state index in [0.29, 0.717) is 6.54 Å². The first-order valence-corrected chi connectivity index (χ1v) is 5.34. The van der Waals surface area contributed by atoms with Crippen LogP contribution in [0.25, 0.3) is 0 Å². The van der Waals surface area contributed by atoms with Gasteiger partial charge in [0.1, 0.15) is 0 Å². The molecule has 0 aliphatic carbocycles. The fourth-order valence-electron chi connectivity index (χ4n) is 2.06. The van der Waals surface area contributed by atoms with Gasteiger partial charge >= 0.3 is 0 Å². The molecule has 3 nitrogen and oxygen atoms in total. The topological polar surface area (TPSA) is 38.0 Å². The number of aromatic nitrogens is 2. The Bertz CT molecular complexity index is 491. The predicted octanol–water partition coefficient (Wildman–Crippen LogP) is 2.56. The lowest BCUT2D eigenvalue weighted by molar-refractivity contribution is 0.474. The van der Waals surface area contributed by atoms with Crippen molar-refractivity contribution in [3.8, 4) is 5.75 Å². The summed E-state index contributed by atoms with van der Waals surface area (Å²) in [6, 6.07) is 4.34. The molecule has 2 rings (SSSR count). The van der Waals surface area contributed by atoms with Crippen LogP contribution in [0.2, 0.25) is 0 Å². The summed E-state index contributed by atoms with van der Waals surface area (Å²) in [6.45, 7) is 7.03. The molecule has 0 saturated heterocycles. The Balaban J connectivity index is 2.34. The highest BCUT2D eigenvalue weighted by atomic mass is 16.3. The molecule has 1 heterocycles. The Hall–Kier alpha value is -1.77. The Morgan fingerprint density at radius 3 is 2.31 bits per heavy atom. The molecule has 0 amide bonds. The summed E-state index contributed by atoms with van der Waals surface area (Å²) >= 11 is 0. The first kappa shape index (κ1) is 10.7. The van der Waals surface area contributed by atoms with Gasteiger partial charge in [0.05, 0.1) is 18.9 Å². The maximum atomic E-state index is 9.23. The quantitative estimate of drug-likeness (QED) is 0.837. The first-order chi connectivity index (χ1) is 7.56. The predicted molar refractivity (Wildman–Crippen MR) is 63.6 cm³/mol. The number of benzene rings is 1. The zero-order chi connectivity index (χ0) is 11.7. The highest BCUT2D eigenvalue weighted by Gasteiger charge is 2.05. The largest absolute Gasteiger partial charge is 0.505 e. The average Bonchev–Trinajstić information content (AvgIpc) is 2.58. The molecule has 0 saturated carbocycles. The Morgan fingerprint density at radius 2 is 1.81 bits per heavy atom. The van der Waals surface area contributed by atoms with Gasteiger partial charge in [-0.3, -0.25) is 4.68 Å². The van der Waals surface area contributed by atoms with Gasteiger partial charge in [-0.1, -0.05) is 17.7 Å². The standard InChI is InChI=1S/C13H16N2O/c1-9-4-10(2)13(11(3)5-9)8-15-7-12(16)6-14-15/h4-7,16H,8H2,1-3H3. The molecule has 0 aliphatic heterocycles. The number of rotatable bonds is 2. The molecule has 0 spiro atoms. The Labute approximate surface area is 95.3 Å². The molecule has 2 aromatic rings. The van der Waals surface area contributed by atoms with Crippen LogP contribution in [0.5, 0.6) is 5.75 Å². The van der Waals surface area contributed by atoms with E-state index in [1.165, 1.54) is 28.5 Å². The second-order valence-corrected chi connectivity index (χ2v) is 4.27. The summed E-state index contributed by atoms with van der Waals surface area (Å²) < 4.78 is 1.75. The fraction of sp³-hybridized carbons (Fsp3) is 0.308. The van der Waals surface area contributed by atoms with E-state index >= 15 is 0 Å². The lowest BCUT2D eigenvalue weighted by Gasteiger charge is -2.11. The molecule has 0 radical (unpaired) electrons. The molecule has 0 unspecified atom stereocenters. The molecule has 0 aliphatic rings. The van der Waals surface area contributed by atoms with Gasteiger partial charge in [-0.15, -0.1) is 0 Å². The lowest BCUT2D eigenvalue weighted by Crippen LogP contribution is -2.04. The first-order valence-electron chi connectivity index (χ1n) is 5.34. The van der Waals surface area contributed by atoms with Gasteiger partial charge in [-0.25, -0.2) is 0 Å². The van der Waals surface area contributed by atoms with E-state index < -0.39 is 0 Å². The maximum Gasteiger partial charge on any atom is 0.153 e. The van der Waals surface area contributed by atoms with Gasteiger partial charge in [-0.05, 0) is 37.5 Å². The Morgan fingerprint density at radius 1 is 1.19 bits per heavy atom. The van der Waals surface area contributed by atoms with Crippen molar-refractivity contribution in [3.05, 3.63) is 46.8 Å². The molecule has 1 N–H and O–H groups in total. The average molecular weight is 216 g/mol. The summed E-state index contributed by atoms with van der Waals surface area (Å²) in [5, 5.41) is 13.3. The smallest absolute Gasteiger partial charge is 0.153 e. The summed E-state index contributed by atoms with van der Waals surface area (Å²) in [5.41, 5.74) is 5.09. The molecule has 1 aromatic carbocycles. The van der Waals surface area contributed by atoms with Crippen LogP contribution in [0.1, 0.15) is 22.3 Å². The van der Waals surface area contributed by atoms with Crippen molar-refractivity contribution in [3.63, 3.8) is 0 Å². The van der Waals surface area contributed by atoms with Crippen molar-refractivity contribution in [2.24, 2.45) is 0 Å². The second-order valence-electron chi connectivity index (χ2n) is 4.27. The fourth-order valence-corrected chi connectivity index (χ4v) is 2.06. The normalized spacial score (nSPS) is 10.7. The second kappa shape index (κ2) is 4.00. The summed E-state index contributed by atoms with van der Waals surface area (Å²) in [4.78, 5) is 0. The minimum Gasteiger partial charge on any atom is -0.505 e. The van der Waals surface area contributed by atoms with Gasteiger partial charge in [0, 0.05) is 0 Å². The van der Waals surface area contributed by atoms with Crippen LogP contribution in [0, 0.1) is 20.8 Å². The third-order valence-corrected chi connectivity index (χ3v) is 2.78. The highest BCUT2D eigenvalue weighted by Crippen LogP contribution is 2.18. The van der Waals surface area contributed by atoms with E-state index in [1.807, 2.05) is 0 Å². The van der Waals surface area contributed by atoms with Gasteiger partial charge in [0.15, 0.2) is 5.75 Å². The highest BCUT2D eigenvalue weighted by molar-refractivity contribution is 5.37. The van der Waals surface area contributed by atoms with Gasteiger partial charge in [0.25, 0.3) is 0 Å².